The van der Waals surface area contributed by atoms with E-state index in [0.29, 0.717) is 12.2 Å². The van der Waals surface area contributed by atoms with E-state index in [1.165, 1.54) is 7.11 Å². The first-order valence-electron chi connectivity index (χ1n) is 5.23. The smallest absolute Gasteiger partial charge is 0.337 e. The topological polar surface area (TPSA) is 35.5 Å². The lowest BCUT2D eigenvalue weighted by atomic mass is 10.1. The van der Waals surface area contributed by atoms with Crippen molar-refractivity contribution in [1.29, 1.82) is 0 Å². The van der Waals surface area contributed by atoms with Crippen molar-refractivity contribution < 1.29 is 14.0 Å². The van der Waals surface area contributed by atoms with Gasteiger partial charge in [-0.2, -0.15) is 0 Å². The molecular formula is C12H18O3Si. The van der Waals surface area contributed by atoms with E-state index in [-0.39, 0.29) is 5.97 Å². The van der Waals surface area contributed by atoms with Crippen molar-refractivity contribution in [3.8, 4) is 0 Å². The van der Waals surface area contributed by atoms with Crippen molar-refractivity contribution in [3.63, 3.8) is 0 Å². The summed E-state index contributed by atoms with van der Waals surface area (Å²) in [6.07, 6.45) is 0. The molecule has 1 aromatic carbocycles. The maximum Gasteiger partial charge on any atom is 0.337 e. The minimum Gasteiger partial charge on any atom is -0.465 e. The molecule has 0 atom stereocenters. The predicted molar refractivity (Wildman–Crippen MR) is 65.9 cm³/mol. The molecular weight excluding hydrogens is 220 g/mol. The molecule has 4 heteroatoms. The number of benzene rings is 1. The van der Waals surface area contributed by atoms with Gasteiger partial charge >= 0.3 is 5.97 Å². The van der Waals surface area contributed by atoms with Gasteiger partial charge in [0.05, 0.1) is 19.3 Å². The number of carbonyl (C=O) groups is 1. The molecule has 0 bridgehead atoms. The van der Waals surface area contributed by atoms with Crippen molar-refractivity contribution in [2.75, 3.05) is 7.11 Å². The molecule has 0 fully saturated rings. The summed E-state index contributed by atoms with van der Waals surface area (Å²) in [4.78, 5) is 11.2. The Morgan fingerprint density at radius 3 is 2.19 bits per heavy atom. The van der Waals surface area contributed by atoms with Gasteiger partial charge < -0.3 is 9.16 Å². The van der Waals surface area contributed by atoms with Crippen LogP contribution in [0.3, 0.4) is 0 Å². The van der Waals surface area contributed by atoms with Crippen LogP contribution in [-0.2, 0) is 15.8 Å². The normalized spacial score (nSPS) is 11.2. The van der Waals surface area contributed by atoms with Gasteiger partial charge in [0.2, 0.25) is 0 Å². The molecule has 0 aliphatic carbocycles. The molecule has 0 unspecified atom stereocenters. The van der Waals surface area contributed by atoms with Crippen LogP contribution in [0.15, 0.2) is 24.3 Å². The third kappa shape index (κ3) is 4.16. The van der Waals surface area contributed by atoms with E-state index in [1.807, 2.05) is 12.1 Å². The zero-order valence-electron chi connectivity index (χ0n) is 10.2. The molecule has 0 heterocycles. The van der Waals surface area contributed by atoms with E-state index in [4.69, 9.17) is 4.43 Å². The Kier molecular flexibility index (Phi) is 4.26. The zero-order valence-corrected chi connectivity index (χ0v) is 11.2. The number of rotatable bonds is 4. The average molecular weight is 238 g/mol. The fourth-order valence-corrected chi connectivity index (χ4v) is 1.75. The third-order valence-corrected chi connectivity index (χ3v) is 3.06. The summed E-state index contributed by atoms with van der Waals surface area (Å²) in [5.41, 5.74) is 1.65. The van der Waals surface area contributed by atoms with E-state index in [2.05, 4.69) is 24.4 Å². The van der Waals surface area contributed by atoms with Crippen LogP contribution in [0, 0.1) is 0 Å². The quantitative estimate of drug-likeness (QED) is 0.597. The molecule has 0 saturated carbocycles. The van der Waals surface area contributed by atoms with Gasteiger partial charge in [-0.1, -0.05) is 12.1 Å². The highest BCUT2D eigenvalue weighted by molar-refractivity contribution is 6.69. The van der Waals surface area contributed by atoms with E-state index < -0.39 is 8.32 Å². The number of hydrogen-bond donors (Lipinski definition) is 0. The third-order valence-electron chi connectivity index (χ3n) is 2.05. The summed E-state index contributed by atoms with van der Waals surface area (Å²) in [6.45, 7) is 7.05. The molecule has 0 aliphatic rings. The van der Waals surface area contributed by atoms with Crippen LogP contribution in [0.25, 0.3) is 0 Å². The Morgan fingerprint density at radius 1 is 1.19 bits per heavy atom. The number of ether oxygens (including phenoxy) is 1. The minimum atomic E-state index is -1.47. The van der Waals surface area contributed by atoms with Gasteiger partial charge in [0, 0.05) is 0 Å². The minimum absolute atomic E-state index is 0.308. The van der Waals surface area contributed by atoms with Crippen molar-refractivity contribution in [2.45, 2.75) is 26.2 Å². The first kappa shape index (κ1) is 12.9. The lowest BCUT2D eigenvalue weighted by molar-refractivity contribution is 0.0600. The summed E-state index contributed by atoms with van der Waals surface area (Å²) in [7, 11) is -0.0944. The van der Waals surface area contributed by atoms with Crippen molar-refractivity contribution in [3.05, 3.63) is 35.4 Å². The molecule has 1 aromatic rings. The van der Waals surface area contributed by atoms with Crippen LogP contribution in [0.1, 0.15) is 15.9 Å². The largest absolute Gasteiger partial charge is 0.465 e. The van der Waals surface area contributed by atoms with Crippen molar-refractivity contribution in [1.82, 2.24) is 0 Å². The van der Waals surface area contributed by atoms with E-state index >= 15 is 0 Å². The maximum atomic E-state index is 11.2. The Balaban J connectivity index is 2.62. The van der Waals surface area contributed by atoms with Gasteiger partial charge in [-0.15, -0.1) is 0 Å². The molecule has 3 nitrogen and oxygen atoms in total. The standard InChI is InChI=1S/C12H18O3Si/c1-14-12(13)11-7-5-10(6-8-11)9-15-16(2,3)4/h5-8H,9H2,1-4H3. The lowest BCUT2D eigenvalue weighted by Crippen LogP contribution is -2.24. The molecule has 0 spiro atoms. The lowest BCUT2D eigenvalue weighted by Gasteiger charge is -2.17. The second kappa shape index (κ2) is 5.27. The van der Waals surface area contributed by atoms with Crippen LogP contribution in [0.4, 0.5) is 0 Å². The Labute approximate surface area is 97.5 Å². The van der Waals surface area contributed by atoms with Crippen LogP contribution < -0.4 is 0 Å². The van der Waals surface area contributed by atoms with Gasteiger partial charge in [-0.25, -0.2) is 4.79 Å². The van der Waals surface area contributed by atoms with E-state index in [9.17, 15) is 4.79 Å². The van der Waals surface area contributed by atoms with Crippen LogP contribution in [0.5, 0.6) is 0 Å². The number of carbonyl (C=O) groups excluding carboxylic acids is 1. The highest BCUT2D eigenvalue weighted by atomic mass is 28.4. The van der Waals surface area contributed by atoms with Gasteiger partial charge in [-0.3, -0.25) is 0 Å². The number of hydrogen-bond acceptors (Lipinski definition) is 3. The van der Waals surface area contributed by atoms with Crippen LogP contribution in [0.2, 0.25) is 19.6 Å². The SMILES string of the molecule is COC(=O)c1ccc(CO[Si](C)(C)C)cc1. The summed E-state index contributed by atoms with van der Waals surface area (Å²) < 4.78 is 10.4. The highest BCUT2D eigenvalue weighted by Gasteiger charge is 2.14. The highest BCUT2D eigenvalue weighted by Crippen LogP contribution is 2.10. The molecule has 0 aromatic heterocycles. The number of methoxy groups -OCH3 is 1. The summed E-state index contributed by atoms with van der Waals surface area (Å²) in [5, 5.41) is 0. The fraction of sp³-hybridized carbons (Fsp3) is 0.417. The Hall–Kier alpha value is -1.13. The zero-order chi connectivity index (χ0) is 12.2. The van der Waals surface area contributed by atoms with Gasteiger partial charge in [0.15, 0.2) is 8.32 Å². The van der Waals surface area contributed by atoms with E-state index in [1.54, 1.807) is 12.1 Å². The Morgan fingerprint density at radius 2 is 1.75 bits per heavy atom. The molecule has 0 aliphatic heterocycles. The van der Waals surface area contributed by atoms with Crippen molar-refractivity contribution >= 4 is 14.3 Å². The Bertz CT molecular complexity index is 352. The van der Waals surface area contributed by atoms with Gasteiger partial charge in [0.1, 0.15) is 0 Å². The predicted octanol–water partition coefficient (Wildman–Crippen LogP) is 2.82. The molecule has 0 N–H and O–H groups in total. The summed E-state index contributed by atoms with van der Waals surface area (Å²) in [6, 6.07) is 7.31. The molecule has 16 heavy (non-hydrogen) atoms. The maximum absolute atomic E-state index is 11.2. The molecule has 0 radical (unpaired) electrons. The molecule has 0 saturated heterocycles. The second-order valence-corrected chi connectivity index (χ2v) is 9.10. The second-order valence-electron chi connectivity index (χ2n) is 4.59. The van der Waals surface area contributed by atoms with Gasteiger partial charge in [0.25, 0.3) is 0 Å². The summed E-state index contributed by atoms with van der Waals surface area (Å²) in [5.74, 6) is -0.308. The average Bonchev–Trinajstić information content (AvgIpc) is 2.25. The van der Waals surface area contributed by atoms with Crippen molar-refractivity contribution in [2.24, 2.45) is 0 Å². The first-order valence-corrected chi connectivity index (χ1v) is 8.64. The first-order chi connectivity index (χ1) is 7.42. The monoisotopic (exact) mass is 238 g/mol. The van der Waals surface area contributed by atoms with Crippen LogP contribution in [-0.4, -0.2) is 21.4 Å². The van der Waals surface area contributed by atoms with Gasteiger partial charge in [-0.05, 0) is 37.3 Å². The molecule has 1 rings (SSSR count). The van der Waals surface area contributed by atoms with E-state index in [0.717, 1.165) is 5.56 Å². The molecule has 0 amide bonds. The van der Waals surface area contributed by atoms with Crippen LogP contribution >= 0.6 is 0 Å². The molecule has 88 valence electrons. The summed E-state index contributed by atoms with van der Waals surface area (Å²) >= 11 is 0. The fourth-order valence-electron chi connectivity index (χ4n) is 1.15. The number of esters is 1.